The van der Waals surface area contributed by atoms with E-state index in [-0.39, 0.29) is 0 Å². The van der Waals surface area contributed by atoms with Crippen molar-refractivity contribution in [2.24, 2.45) is 11.8 Å². The van der Waals surface area contributed by atoms with E-state index in [2.05, 4.69) is 62.1 Å². The molecule has 0 fully saturated rings. The monoisotopic (exact) mass is 196 g/mol. The SMILES string of the molecule is CC1C#CC(C2=CC=CC(C)C2)=CC=C1. The van der Waals surface area contributed by atoms with Gasteiger partial charge in [0.15, 0.2) is 0 Å². The van der Waals surface area contributed by atoms with E-state index in [9.17, 15) is 0 Å². The Morgan fingerprint density at radius 2 is 1.93 bits per heavy atom. The lowest BCUT2D eigenvalue weighted by molar-refractivity contribution is 0.715. The summed E-state index contributed by atoms with van der Waals surface area (Å²) in [5.74, 6) is 7.51. The molecule has 76 valence electrons. The summed E-state index contributed by atoms with van der Waals surface area (Å²) < 4.78 is 0. The van der Waals surface area contributed by atoms with Gasteiger partial charge in [-0.05, 0) is 30.9 Å². The second-order valence-corrected chi connectivity index (χ2v) is 4.28. The standard InChI is InChI=1S/C15H16/c1-12-5-3-7-14(10-9-12)15-8-4-6-13(2)11-15/h3-8,12-13H,11H2,1-2H3. The molecule has 0 amide bonds. The van der Waals surface area contributed by atoms with Gasteiger partial charge in [-0.1, -0.05) is 49.1 Å². The van der Waals surface area contributed by atoms with Gasteiger partial charge in [-0.15, -0.1) is 0 Å². The Morgan fingerprint density at radius 1 is 1.13 bits per heavy atom. The van der Waals surface area contributed by atoms with Crippen LogP contribution in [0.1, 0.15) is 20.3 Å². The fourth-order valence-electron chi connectivity index (χ4n) is 1.83. The van der Waals surface area contributed by atoms with E-state index in [1.807, 2.05) is 0 Å². The van der Waals surface area contributed by atoms with Gasteiger partial charge >= 0.3 is 0 Å². The third-order valence-corrected chi connectivity index (χ3v) is 2.72. The average Bonchev–Trinajstić information content (AvgIpc) is 2.43. The Labute approximate surface area is 92.1 Å². The van der Waals surface area contributed by atoms with Crippen LogP contribution in [0.3, 0.4) is 0 Å². The molecule has 0 heterocycles. The molecule has 2 unspecified atom stereocenters. The molecule has 2 rings (SSSR count). The highest BCUT2D eigenvalue weighted by Gasteiger charge is 2.09. The zero-order valence-electron chi connectivity index (χ0n) is 9.33. The molecule has 0 saturated carbocycles. The molecule has 0 N–H and O–H groups in total. The summed E-state index contributed by atoms with van der Waals surface area (Å²) in [5.41, 5.74) is 2.56. The molecule has 15 heavy (non-hydrogen) atoms. The maximum atomic E-state index is 3.27. The maximum Gasteiger partial charge on any atom is 0.0361 e. The molecule has 0 aromatic rings. The number of rotatable bonds is 1. The Hall–Kier alpha value is -1.48. The van der Waals surface area contributed by atoms with Gasteiger partial charge in [0, 0.05) is 11.5 Å². The molecular formula is C15H16. The minimum absolute atomic E-state index is 0.371. The molecule has 2 aliphatic rings. The van der Waals surface area contributed by atoms with Crippen LogP contribution >= 0.6 is 0 Å². The van der Waals surface area contributed by atoms with Crippen LogP contribution in [-0.2, 0) is 0 Å². The third-order valence-electron chi connectivity index (χ3n) is 2.72. The normalized spacial score (nSPS) is 28.7. The molecule has 0 radical (unpaired) electrons. The van der Waals surface area contributed by atoms with Crippen LogP contribution in [0.5, 0.6) is 0 Å². The molecular weight excluding hydrogens is 180 g/mol. The van der Waals surface area contributed by atoms with Gasteiger partial charge in [0.2, 0.25) is 0 Å². The highest BCUT2D eigenvalue weighted by molar-refractivity contribution is 5.51. The van der Waals surface area contributed by atoms with E-state index < -0.39 is 0 Å². The molecule has 0 aromatic carbocycles. The minimum atomic E-state index is 0.371. The molecule has 0 nitrogen and oxygen atoms in total. The lowest BCUT2D eigenvalue weighted by atomic mass is 9.91. The van der Waals surface area contributed by atoms with E-state index in [0.717, 1.165) is 6.42 Å². The van der Waals surface area contributed by atoms with Crippen molar-refractivity contribution in [2.75, 3.05) is 0 Å². The van der Waals surface area contributed by atoms with Gasteiger partial charge in [-0.25, -0.2) is 0 Å². The van der Waals surface area contributed by atoms with Crippen LogP contribution in [0.4, 0.5) is 0 Å². The molecule has 0 aliphatic heterocycles. The highest BCUT2D eigenvalue weighted by atomic mass is 14.1. The topological polar surface area (TPSA) is 0 Å². The first kappa shape index (κ1) is 10.1. The lowest BCUT2D eigenvalue weighted by Gasteiger charge is -2.13. The highest BCUT2D eigenvalue weighted by Crippen LogP contribution is 2.24. The van der Waals surface area contributed by atoms with Crippen molar-refractivity contribution >= 4 is 0 Å². The van der Waals surface area contributed by atoms with Crippen molar-refractivity contribution in [3.63, 3.8) is 0 Å². The van der Waals surface area contributed by atoms with Gasteiger partial charge in [-0.3, -0.25) is 0 Å². The molecule has 0 heteroatoms. The maximum absolute atomic E-state index is 3.27. The quantitative estimate of drug-likeness (QED) is 0.562. The number of hydrogen-bond donors (Lipinski definition) is 0. The summed E-state index contributed by atoms with van der Waals surface area (Å²) in [6, 6.07) is 0. The summed E-state index contributed by atoms with van der Waals surface area (Å²) in [4.78, 5) is 0. The van der Waals surface area contributed by atoms with Crippen molar-refractivity contribution < 1.29 is 0 Å². The zero-order valence-corrected chi connectivity index (χ0v) is 9.33. The van der Waals surface area contributed by atoms with E-state index in [1.54, 1.807) is 0 Å². The third kappa shape index (κ3) is 2.50. The minimum Gasteiger partial charge on any atom is -0.0906 e. The van der Waals surface area contributed by atoms with Crippen LogP contribution in [0.15, 0.2) is 47.6 Å². The average molecular weight is 196 g/mol. The summed E-state index contributed by atoms with van der Waals surface area (Å²) >= 11 is 0. The second kappa shape index (κ2) is 4.36. The molecule has 0 bridgehead atoms. The number of allylic oxidation sites excluding steroid dienone is 8. The molecule has 2 aliphatic carbocycles. The first-order valence-electron chi connectivity index (χ1n) is 5.53. The van der Waals surface area contributed by atoms with Crippen LogP contribution < -0.4 is 0 Å². The van der Waals surface area contributed by atoms with Gasteiger partial charge in [0.05, 0.1) is 0 Å². The van der Waals surface area contributed by atoms with Crippen molar-refractivity contribution in [1.29, 1.82) is 0 Å². The van der Waals surface area contributed by atoms with Gasteiger partial charge in [0.25, 0.3) is 0 Å². The van der Waals surface area contributed by atoms with Crippen molar-refractivity contribution in [3.8, 4) is 11.8 Å². The van der Waals surface area contributed by atoms with Gasteiger partial charge in [-0.2, -0.15) is 0 Å². The Balaban J connectivity index is 2.25. The summed E-state index contributed by atoms with van der Waals surface area (Å²) in [6.07, 6.45) is 14.1. The van der Waals surface area contributed by atoms with Crippen LogP contribution in [0, 0.1) is 23.7 Å². The van der Waals surface area contributed by atoms with E-state index >= 15 is 0 Å². The fourth-order valence-corrected chi connectivity index (χ4v) is 1.83. The van der Waals surface area contributed by atoms with Crippen molar-refractivity contribution in [1.82, 2.24) is 0 Å². The fraction of sp³-hybridized carbons (Fsp3) is 0.333. The van der Waals surface area contributed by atoms with E-state index in [1.165, 1.54) is 11.1 Å². The Kier molecular flexibility index (Phi) is 2.92. The van der Waals surface area contributed by atoms with Crippen molar-refractivity contribution in [3.05, 3.63) is 47.6 Å². The largest absolute Gasteiger partial charge is 0.0906 e. The smallest absolute Gasteiger partial charge is 0.0361 e. The lowest BCUT2D eigenvalue weighted by Crippen LogP contribution is -1.99. The second-order valence-electron chi connectivity index (χ2n) is 4.28. The molecule has 0 aromatic heterocycles. The molecule has 0 spiro atoms. The summed E-state index contributed by atoms with van der Waals surface area (Å²) in [5, 5.41) is 0. The predicted octanol–water partition coefficient (Wildman–Crippen LogP) is 3.64. The predicted molar refractivity (Wildman–Crippen MR) is 65.2 cm³/mol. The first-order valence-corrected chi connectivity index (χ1v) is 5.53. The van der Waals surface area contributed by atoms with Crippen LogP contribution in [0.25, 0.3) is 0 Å². The first-order chi connectivity index (χ1) is 7.25. The molecule has 0 saturated heterocycles. The van der Waals surface area contributed by atoms with Crippen LogP contribution in [0.2, 0.25) is 0 Å². The molecule has 2 atom stereocenters. The van der Waals surface area contributed by atoms with Gasteiger partial charge in [0.1, 0.15) is 0 Å². The van der Waals surface area contributed by atoms with Crippen molar-refractivity contribution in [2.45, 2.75) is 20.3 Å². The summed E-state index contributed by atoms with van der Waals surface area (Å²) in [6.45, 7) is 4.37. The van der Waals surface area contributed by atoms with Gasteiger partial charge < -0.3 is 0 Å². The summed E-state index contributed by atoms with van der Waals surface area (Å²) in [7, 11) is 0. The van der Waals surface area contributed by atoms with Crippen LogP contribution in [-0.4, -0.2) is 0 Å². The Bertz CT molecular complexity index is 419. The van der Waals surface area contributed by atoms with E-state index in [0.29, 0.717) is 11.8 Å². The zero-order chi connectivity index (χ0) is 10.7. The Morgan fingerprint density at radius 3 is 2.73 bits per heavy atom. The van der Waals surface area contributed by atoms with E-state index in [4.69, 9.17) is 0 Å². The number of hydrogen-bond acceptors (Lipinski definition) is 0.